The molecule has 2 heterocycles. The van der Waals surface area contributed by atoms with Gasteiger partial charge in [0.25, 0.3) is 0 Å². The number of aromatic nitrogens is 2. The van der Waals surface area contributed by atoms with Gasteiger partial charge in [0.1, 0.15) is 5.82 Å². The maximum atomic E-state index is 14.5. The molecule has 1 atom stereocenters. The van der Waals surface area contributed by atoms with Crippen LogP contribution in [0.25, 0.3) is 16.6 Å². The van der Waals surface area contributed by atoms with E-state index in [1.165, 1.54) is 18.2 Å². The van der Waals surface area contributed by atoms with Crippen molar-refractivity contribution in [2.24, 2.45) is 0 Å². The third kappa shape index (κ3) is 3.66. The Bertz CT molecular complexity index is 929. The number of halogens is 5. The molecule has 8 heteroatoms. The Hall–Kier alpha value is -2.12. The summed E-state index contributed by atoms with van der Waals surface area (Å²) in [6.45, 7) is 1.64. The average Bonchev–Trinajstić information content (AvgIpc) is 3.05. The number of benzene rings is 2. The minimum absolute atomic E-state index is 0. The highest BCUT2D eigenvalue weighted by Gasteiger charge is 2.30. The predicted molar refractivity (Wildman–Crippen MR) is 98.1 cm³/mol. The molecule has 1 aliphatic rings. The zero-order chi connectivity index (χ0) is 18.3. The van der Waals surface area contributed by atoms with E-state index in [4.69, 9.17) is 0 Å². The normalized spacial score (nSPS) is 17.7. The fourth-order valence-corrected chi connectivity index (χ4v) is 3.61. The first-order valence-electron chi connectivity index (χ1n) is 8.49. The molecule has 0 saturated carbocycles. The van der Waals surface area contributed by atoms with Gasteiger partial charge in [-0.25, -0.2) is 9.07 Å². The fraction of sp³-hybridized carbons (Fsp3) is 0.316. The van der Waals surface area contributed by atoms with Crippen molar-refractivity contribution in [1.82, 2.24) is 15.1 Å². The van der Waals surface area contributed by atoms with Crippen molar-refractivity contribution in [2.45, 2.75) is 24.9 Å². The summed E-state index contributed by atoms with van der Waals surface area (Å²) in [5.74, 6) is -0.198. The summed E-state index contributed by atoms with van der Waals surface area (Å²) in [4.78, 5) is 0. The maximum absolute atomic E-state index is 14.5. The van der Waals surface area contributed by atoms with Crippen molar-refractivity contribution in [3.05, 3.63) is 59.5 Å². The van der Waals surface area contributed by atoms with Crippen LogP contribution >= 0.6 is 12.4 Å². The van der Waals surface area contributed by atoms with Crippen molar-refractivity contribution < 1.29 is 17.6 Å². The standard InChI is InChI=1S/C19H17F4N3.ClH/c20-16-7-8-17-15(18(16)12-2-1-9-24-10-12)11-25-26(17)14-5-3-13(4-6-14)19(21,22)23;/h3-8,11-12,24H,1-2,9-10H2;1H. The minimum Gasteiger partial charge on any atom is -0.316 e. The molecule has 1 unspecified atom stereocenters. The van der Waals surface area contributed by atoms with Gasteiger partial charge in [-0.3, -0.25) is 0 Å². The second kappa shape index (κ2) is 7.48. The van der Waals surface area contributed by atoms with Crippen molar-refractivity contribution in [3.8, 4) is 5.69 Å². The van der Waals surface area contributed by atoms with Gasteiger partial charge < -0.3 is 5.32 Å². The number of rotatable bonds is 2. The first-order chi connectivity index (χ1) is 12.4. The number of nitrogens with zero attached hydrogens (tertiary/aromatic N) is 2. The van der Waals surface area contributed by atoms with Crippen LogP contribution in [0.1, 0.15) is 29.9 Å². The fourth-order valence-electron chi connectivity index (χ4n) is 3.61. The first-order valence-corrected chi connectivity index (χ1v) is 8.49. The van der Waals surface area contributed by atoms with Gasteiger partial charge in [0.2, 0.25) is 0 Å². The maximum Gasteiger partial charge on any atom is 0.416 e. The van der Waals surface area contributed by atoms with Crippen molar-refractivity contribution in [2.75, 3.05) is 13.1 Å². The molecule has 3 nitrogen and oxygen atoms in total. The Morgan fingerprint density at radius 1 is 1.07 bits per heavy atom. The molecule has 0 amide bonds. The Morgan fingerprint density at radius 3 is 2.44 bits per heavy atom. The number of hydrogen-bond acceptors (Lipinski definition) is 2. The van der Waals surface area contributed by atoms with E-state index < -0.39 is 11.7 Å². The third-order valence-corrected chi connectivity index (χ3v) is 4.89. The molecule has 1 aromatic heterocycles. The highest BCUT2D eigenvalue weighted by Crippen LogP contribution is 2.34. The summed E-state index contributed by atoms with van der Waals surface area (Å²) in [5, 5.41) is 8.29. The summed E-state index contributed by atoms with van der Waals surface area (Å²) in [6.07, 6.45) is -0.906. The van der Waals surface area contributed by atoms with Crippen molar-refractivity contribution >= 4 is 23.3 Å². The summed E-state index contributed by atoms with van der Waals surface area (Å²) < 4.78 is 54.3. The highest BCUT2D eigenvalue weighted by molar-refractivity contribution is 5.85. The monoisotopic (exact) mass is 399 g/mol. The smallest absolute Gasteiger partial charge is 0.316 e. The van der Waals surface area contributed by atoms with Gasteiger partial charge in [-0.15, -0.1) is 12.4 Å². The van der Waals surface area contributed by atoms with E-state index in [1.54, 1.807) is 16.9 Å². The SMILES string of the molecule is Cl.Fc1ccc2c(cnn2-c2ccc(C(F)(F)F)cc2)c1C1CCCNC1. The summed E-state index contributed by atoms with van der Waals surface area (Å²) in [7, 11) is 0. The van der Waals surface area contributed by atoms with Gasteiger partial charge in [-0.1, -0.05) is 0 Å². The highest BCUT2D eigenvalue weighted by atomic mass is 35.5. The van der Waals surface area contributed by atoms with Gasteiger partial charge in [-0.2, -0.15) is 18.3 Å². The lowest BCUT2D eigenvalue weighted by molar-refractivity contribution is -0.137. The number of hydrogen-bond donors (Lipinski definition) is 1. The molecule has 3 aromatic rings. The van der Waals surface area contributed by atoms with Gasteiger partial charge in [0, 0.05) is 23.4 Å². The van der Waals surface area contributed by atoms with E-state index >= 15 is 0 Å². The first kappa shape index (κ1) is 19.6. The van der Waals surface area contributed by atoms with Crippen molar-refractivity contribution in [3.63, 3.8) is 0 Å². The lowest BCUT2D eigenvalue weighted by Crippen LogP contribution is -2.28. The molecule has 0 bridgehead atoms. The molecule has 0 aliphatic carbocycles. The number of nitrogens with one attached hydrogen (secondary N) is 1. The van der Waals surface area contributed by atoms with E-state index in [0.29, 0.717) is 28.7 Å². The van der Waals surface area contributed by atoms with E-state index in [1.807, 2.05) is 0 Å². The van der Waals surface area contributed by atoms with Crippen LogP contribution in [0.4, 0.5) is 17.6 Å². The molecule has 2 aromatic carbocycles. The molecule has 1 N–H and O–H groups in total. The second-order valence-corrected chi connectivity index (χ2v) is 6.54. The molecular formula is C19H18ClF4N3. The largest absolute Gasteiger partial charge is 0.416 e. The Morgan fingerprint density at radius 2 is 1.81 bits per heavy atom. The molecule has 1 fully saturated rings. The molecule has 27 heavy (non-hydrogen) atoms. The second-order valence-electron chi connectivity index (χ2n) is 6.54. The molecule has 0 spiro atoms. The van der Waals surface area contributed by atoms with Gasteiger partial charge in [-0.05, 0) is 55.8 Å². The quantitative estimate of drug-likeness (QED) is 0.609. The summed E-state index contributed by atoms with van der Waals surface area (Å²) >= 11 is 0. The van der Waals surface area contributed by atoms with Crippen LogP contribution in [-0.2, 0) is 6.18 Å². The van der Waals surface area contributed by atoms with Crippen LogP contribution in [0.3, 0.4) is 0 Å². The van der Waals surface area contributed by atoms with E-state index in [2.05, 4.69) is 10.4 Å². The van der Waals surface area contributed by atoms with E-state index in [0.717, 1.165) is 31.5 Å². The van der Waals surface area contributed by atoms with E-state index in [-0.39, 0.29) is 24.1 Å². The van der Waals surface area contributed by atoms with Crippen molar-refractivity contribution in [1.29, 1.82) is 0 Å². The van der Waals surface area contributed by atoms with E-state index in [9.17, 15) is 17.6 Å². The third-order valence-electron chi connectivity index (χ3n) is 4.89. The predicted octanol–water partition coefficient (Wildman–Crippen LogP) is 5.07. The lowest BCUT2D eigenvalue weighted by Gasteiger charge is -2.24. The number of piperidine rings is 1. The van der Waals surface area contributed by atoms with Gasteiger partial charge in [0.15, 0.2) is 0 Å². The average molecular weight is 400 g/mol. The molecule has 0 radical (unpaired) electrons. The molecule has 144 valence electrons. The Balaban J connectivity index is 0.00000210. The Kier molecular flexibility index (Phi) is 5.44. The zero-order valence-electron chi connectivity index (χ0n) is 14.3. The Labute approximate surface area is 159 Å². The van der Waals surface area contributed by atoms with Crippen LogP contribution in [0.15, 0.2) is 42.6 Å². The lowest BCUT2D eigenvalue weighted by atomic mass is 9.89. The van der Waals surface area contributed by atoms with Crippen LogP contribution in [0.5, 0.6) is 0 Å². The van der Waals surface area contributed by atoms with Crippen LogP contribution < -0.4 is 5.32 Å². The molecular weight excluding hydrogens is 382 g/mol. The van der Waals surface area contributed by atoms with Gasteiger partial charge >= 0.3 is 6.18 Å². The molecule has 4 rings (SSSR count). The minimum atomic E-state index is -4.38. The molecule has 1 aliphatic heterocycles. The number of alkyl halides is 3. The topological polar surface area (TPSA) is 29.9 Å². The van der Waals surface area contributed by atoms with Crippen LogP contribution in [0.2, 0.25) is 0 Å². The van der Waals surface area contributed by atoms with Gasteiger partial charge in [0.05, 0.1) is 23.0 Å². The van der Waals surface area contributed by atoms with Crippen LogP contribution in [0, 0.1) is 5.82 Å². The zero-order valence-corrected chi connectivity index (χ0v) is 15.1. The van der Waals surface area contributed by atoms with Crippen LogP contribution in [-0.4, -0.2) is 22.9 Å². The number of fused-ring (bicyclic) bond motifs is 1. The summed E-state index contributed by atoms with van der Waals surface area (Å²) in [5.41, 5.74) is 1.12. The molecule has 1 saturated heterocycles. The summed E-state index contributed by atoms with van der Waals surface area (Å²) in [6, 6.07) is 7.83.